The van der Waals surface area contributed by atoms with Gasteiger partial charge < -0.3 is 4.90 Å². The molecule has 0 N–H and O–H groups in total. The molecule has 1 saturated heterocycles. The summed E-state index contributed by atoms with van der Waals surface area (Å²) in [5.41, 5.74) is 1.30. The van der Waals surface area contributed by atoms with E-state index in [1.165, 1.54) is 18.4 Å². The summed E-state index contributed by atoms with van der Waals surface area (Å²) in [6.45, 7) is 4.00. The average molecular weight is 197 g/mol. The summed E-state index contributed by atoms with van der Waals surface area (Å²) in [4.78, 5) is 2.35. The first kappa shape index (κ1) is 11.4. The summed E-state index contributed by atoms with van der Waals surface area (Å²) in [5, 5.41) is 0. The van der Waals surface area contributed by atoms with Crippen LogP contribution in [-0.4, -0.2) is 31.7 Å². The molecule has 0 radical (unpaired) electrons. The van der Waals surface area contributed by atoms with Crippen LogP contribution >= 0.6 is 0 Å². The van der Waals surface area contributed by atoms with Crippen LogP contribution in [0.4, 0.5) is 4.39 Å². The number of rotatable bonds is 3. The van der Waals surface area contributed by atoms with Crippen LogP contribution < -0.4 is 0 Å². The monoisotopic (exact) mass is 197 g/mol. The van der Waals surface area contributed by atoms with E-state index in [1.807, 2.05) is 13.0 Å². The fourth-order valence-electron chi connectivity index (χ4n) is 1.99. The van der Waals surface area contributed by atoms with E-state index in [2.05, 4.69) is 18.0 Å². The molecule has 0 bridgehead atoms. The Labute approximate surface area is 86.3 Å². The Morgan fingerprint density at radius 2 is 2.07 bits per heavy atom. The van der Waals surface area contributed by atoms with Gasteiger partial charge in [-0.3, -0.25) is 0 Å². The molecule has 14 heavy (non-hydrogen) atoms. The zero-order valence-electron chi connectivity index (χ0n) is 9.17. The highest BCUT2D eigenvalue weighted by molar-refractivity contribution is 5.21. The molecular weight excluding hydrogens is 177 g/mol. The standard InChI is InChI=1S/C12H20FN/c1-3-11(5-4-8-13)12-6-9-14(2)10-7-12/h3-5,12H,6-10H2,1-2H3/b5-4-,11-3+. The zero-order valence-corrected chi connectivity index (χ0v) is 9.17. The summed E-state index contributed by atoms with van der Waals surface area (Å²) in [6, 6.07) is 0. The third-order valence-electron chi connectivity index (χ3n) is 2.92. The van der Waals surface area contributed by atoms with Crippen molar-refractivity contribution >= 4 is 0 Å². The van der Waals surface area contributed by atoms with Crippen LogP contribution in [-0.2, 0) is 0 Å². The highest BCUT2D eigenvalue weighted by atomic mass is 19.1. The third kappa shape index (κ3) is 3.26. The van der Waals surface area contributed by atoms with Crippen molar-refractivity contribution in [2.24, 2.45) is 5.92 Å². The van der Waals surface area contributed by atoms with E-state index in [0.717, 1.165) is 13.1 Å². The molecule has 0 atom stereocenters. The lowest BCUT2D eigenvalue weighted by atomic mass is 9.89. The van der Waals surface area contributed by atoms with Gasteiger partial charge in [-0.25, -0.2) is 4.39 Å². The molecule has 0 spiro atoms. The van der Waals surface area contributed by atoms with E-state index >= 15 is 0 Å². The number of likely N-dealkylation sites (tertiary alicyclic amines) is 1. The van der Waals surface area contributed by atoms with Crippen molar-refractivity contribution in [2.75, 3.05) is 26.8 Å². The Kier molecular flexibility index (Phi) is 4.88. The Morgan fingerprint density at radius 1 is 1.43 bits per heavy atom. The van der Waals surface area contributed by atoms with E-state index in [-0.39, 0.29) is 6.67 Å². The highest BCUT2D eigenvalue weighted by Gasteiger charge is 2.18. The third-order valence-corrected chi connectivity index (χ3v) is 2.92. The number of nitrogens with zero attached hydrogens (tertiary/aromatic N) is 1. The molecular formula is C12H20FN. The minimum atomic E-state index is -0.357. The summed E-state index contributed by atoms with van der Waals surface area (Å²) < 4.78 is 12.0. The molecule has 1 fully saturated rings. The molecule has 0 aliphatic carbocycles. The second kappa shape index (κ2) is 5.97. The SMILES string of the molecule is C/C=C(\C=C/CF)C1CCN(C)CC1. The number of hydrogen-bond acceptors (Lipinski definition) is 1. The zero-order chi connectivity index (χ0) is 10.4. The molecule has 0 aromatic carbocycles. The minimum absolute atomic E-state index is 0.357. The van der Waals surface area contributed by atoms with Crippen molar-refractivity contribution < 1.29 is 4.39 Å². The second-order valence-corrected chi connectivity index (χ2v) is 3.92. The van der Waals surface area contributed by atoms with Crippen LogP contribution in [0.25, 0.3) is 0 Å². The Hall–Kier alpha value is -0.630. The molecule has 0 aromatic heterocycles. The summed E-state index contributed by atoms with van der Waals surface area (Å²) >= 11 is 0. The predicted octanol–water partition coefficient (Wildman–Crippen LogP) is 2.80. The fourth-order valence-corrected chi connectivity index (χ4v) is 1.99. The summed E-state index contributed by atoms with van der Waals surface area (Å²) in [5.74, 6) is 0.638. The number of halogens is 1. The van der Waals surface area contributed by atoms with Gasteiger partial charge in [0.15, 0.2) is 0 Å². The van der Waals surface area contributed by atoms with Gasteiger partial charge in [0.1, 0.15) is 6.67 Å². The normalized spacial score (nSPS) is 22.1. The molecule has 1 aliphatic rings. The lowest BCUT2D eigenvalue weighted by Crippen LogP contribution is -2.30. The van der Waals surface area contributed by atoms with Crippen LogP contribution in [0.5, 0.6) is 0 Å². The smallest absolute Gasteiger partial charge is 0.108 e. The van der Waals surface area contributed by atoms with Gasteiger partial charge in [-0.2, -0.15) is 0 Å². The molecule has 1 rings (SSSR count). The lowest BCUT2D eigenvalue weighted by Gasteiger charge is -2.29. The quantitative estimate of drug-likeness (QED) is 0.629. The Balaban J connectivity index is 2.50. The number of alkyl halides is 1. The van der Waals surface area contributed by atoms with Crippen molar-refractivity contribution in [3.05, 3.63) is 23.8 Å². The molecule has 0 aromatic rings. The highest BCUT2D eigenvalue weighted by Crippen LogP contribution is 2.24. The lowest BCUT2D eigenvalue weighted by molar-refractivity contribution is 0.240. The van der Waals surface area contributed by atoms with E-state index in [4.69, 9.17) is 0 Å². The van der Waals surface area contributed by atoms with Gasteiger partial charge in [0.25, 0.3) is 0 Å². The van der Waals surface area contributed by atoms with Gasteiger partial charge >= 0.3 is 0 Å². The number of allylic oxidation sites excluding steroid dienone is 4. The molecule has 0 unspecified atom stereocenters. The van der Waals surface area contributed by atoms with Crippen molar-refractivity contribution in [3.63, 3.8) is 0 Å². The first-order valence-corrected chi connectivity index (χ1v) is 5.35. The van der Waals surface area contributed by atoms with Gasteiger partial charge in [0.2, 0.25) is 0 Å². The first-order valence-electron chi connectivity index (χ1n) is 5.35. The number of hydrogen-bond donors (Lipinski definition) is 0. The van der Waals surface area contributed by atoms with Gasteiger partial charge in [-0.05, 0) is 51.4 Å². The van der Waals surface area contributed by atoms with Crippen molar-refractivity contribution in [1.82, 2.24) is 4.90 Å². The van der Waals surface area contributed by atoms with E-state index in [0.29, 0.717) is 5.92 Å². The summed E-state index contributed by atoms with van der Waals surface area (Å²) in [7, 11) is 2.16. The Bertz CT molecular complexity index is 212. The maximum Gasteiger partial charge on any atom is 0.108 e. The summed E-state index contributed by atoms with van der Waals surface area (Å²) in [6.07, 6.45) is 8.06. The van der Waals surface area contributed by atoms with Crippen molar-refractivity contribution in [2.45, 2.75) is 19.8 Å². The topological polar surface area (TPSA) is 3.24 Å². The van der Waals surface area contributed by atoms with Crippen molar-refractivity contribution in [1.29, 1.82) is 0 Å². The van der Waals surface area contributed by atoms with E-state index in [1.54, 1.807) is 6.08 Å². The molecule has 1 heterocycles. The minimum Gasteiger partial charge on any atom is -0.306 e. The van der Waals surface area contributed by atoms with Gasteiger partial charge in [-0.15, -0.1) is 0 Å². The Morgan fingerprint density at radius 3 is 2.57 bits per heavy atom. The van der Waals surface area contributed by atoms with Crippen molar-refractivity contribution in [3.8, 4) is 0 Å². The predicted molar refractivity (Wildman–Crippen MR) is 59.1 cm³/mol. The van der Waals surface area contributed by atoms with Crippen LogP contribution in [0, 0.1) is 5.92 Å². The maximum atomic E-state index is 12.0. The molecule has 0 amide bonds. The second-order valence-electron chi connectivity index (χ2n) is 3.92. The van der Waals surface area contributed by atoms with Crippen LogP contribution in [0.3, 0.4) is 0 Å². The maximum absolute atomic E-state index is 12.0. The van der Waals surface area contributed by atoms with E-state index in [9.17, 15) is 4.39 Å². The van der Waals surface area contributed by atoms with E-state index < -0.39 is 0 Å². The molecule has 80 valence electrons. The van der Waals surface area contributed by atoms with Crippen LogP contribution in [0.15, 0.2) is 23.8 Å². The van der Waals surface area contributed by atoms with Crippen LogP contribution in [0.1, 0.15) is 19.8 Å². The average Bonchev–Trinajstić information content (AvgIpc) is 2.21. The number of piperidine rings is 1. The van der Waals surface area contributed by atoms with Gasteiger partial charge in [0, 0.05) is 0 Å². The molecule has 1 nitrogen and oxygen atoms in total. The van der Waals surface area contributed by atoms with Gasteiger partial charge in [0.05, 0.1) is 0 Å². The molecule has 0 saturated carbocycles. The molecule has 2 heteroatoms. The molecule has 1 aliphatic heterocycles. The van der Waals surface area contributed by atoms with Crippen LogP contribution in [0.2, 0.25) is 0 Å². The fraction of sp³-hybridized carbons (Fsp3) is 0.667. The largest absolute Gasteiger partial charge is 0.306 e. The van der Waals surface area contributed by atoms with Gasteiger partial charge in [-0.1, -0.05) is 18.2 Å². The first-order chi connectivity index (χ1) is 6.77.